The van der Waals surface area contributed by atoms with Gasteiger partial charge < -0.3 is 10.5 Å². The van der Waals surface area contributed by atoms with E-state index in [0.717, 1.165) is 25.3 Å². The minimum absolute atomic E-state index is 0.384. The summed E-state index contributed by atoms with van der Waals surface area (Å²) in [6.07, 6.45) is 3.64. The number of hydrogen-bond donors (Lipinski definition) is 1. The normalized spacial score (nSPS) is 16.9. The number of nitrogens with two attached hydrogens (primary N) is 1. The van der Waals surface area contributed by atoms with E-state index in [9.17, 15) is 0 Å². The lowest BCUT2D eigenvalue weighted by Gasteiger charge is -2.17. The zero-order chi connectivity index (χ0) is 13.2. The quantitative estimate of drug-likeness (QED) is 0.833. The van der Waals surface area contributed by atoms with Crippen molar-refractivity contribution in [3.05, 3.63) is 29.3 Å². The molecule has 18 heavy (non-hydrogen) atoms. The second kappa shape index (κ2) is 5.31. The molecule has 1 aromatic rings. The molecule has 0 spiro atoms. The lowest BCUT2D eigenvalue weighted by Crippen LogP contribution is -2.17. The molecular weight excluding hydrogens is 222 g/mol. The molecule has 0 aliphatic heterocycles. The van der Waals surface area contributed by atoms with Gasteiger partial charge >= 0.3 is 0 Å². The molecule has 0 heterocycles. The van der Waals surface area contributed by atoms with Crippen LogP contribution in [0.4, 0.5) is 0 Å². The average molecular weight is 247 g/mol. The van der Waals surface area contributed by atoms with Crippen LogP contribution in [-0.2, 0) is 0 Å². The van der Waals surface area contributed by atoms with Crippen molar-refractivity contribution in [3.8, 4) is 5.75 Å². The maximum atomic E-state index is 6.05. The van der Waals surface area contributed by atoms with Crippen molar-refractivity contribution in [1.82, 2.24) is 0 Å². The Kier molecular flexibility index (Phi) is 3.96. The highest BCUT2D eigenvalue weighted by Crippen LogP contribution is 2.48. The molecule has 0 saturated heterocycles. The van der Waals surface area contributed by atoms with Crippen molar-refractivity contribution in [1.29, 1.82) is 0 Å². The molecule has 2 rings (SSSR count). The van der Waals surface area contributed by atoms with E-state index in [1.165, 1.54) is 24.0 Å². The van der Waals surface area contributed by atoms with Crippen LogP contribution in [0.3, 0.4) is 0 Å². The van der Waals surface area contributed by atoms with Crippen LogP contribution in [-0.4, -0.2) is 13.2 Å². The molecule has 0 unspecified atom stereocenters. The largest absolute Gasteiger partial charge is 0.493 e. The number of ether oxygens (including phenoxy) is 1. The van der Waals surface area contributed by atoms with E-state index in [0.29, 0.717) is 11.3 Å². The molecule has 0 amide bonds. The van der Waals surface area contributed by atoms with E-state index in [4.69, 9.17) is 10.5 Å². The van der Waals surface area contributed by atoms with Gasteiger partial charge in [0.1, 0.15) is 5.75 Å². The van der Waals surface area contributed by atoms with Gasteiger partial charge in [-0.2, -0.15) is 0 Å². The van der Waals surface area contributed by atoms with Gasteiger partial charge in [-0.15, -0.1) is 0 Å². The zero-order valence-corrected chi connectivity index (χ0v) is 11.8. The molecular formula is C16H25NO. The maximum absolute atomic E-state index is 6.05. The van der Waals surface area contributed by atoms with Crippen LogP contribution in [0.5, 0.6) is 5.75 Å². The first kappa shape index (κ1) is 13.4. The van der Waals surface area contributed by atoms with Gasteiger partial charge in [0.05, 0.1) is 6.61 Å². The summed E-state index contributed by atoms with van der Waals surface area (Å²) in [5, 5.41) is 0. The minimum Gasteiger partial charge on any atom is -0.493 e. The van der Waals surface area contributed by atoms with Crippen molar-refractivity contribution in [2.75, 3.05) is 13.2 Å². The lowest BCUT2D eigenvalue weighted by atomic mass is 10.0. The molecule has 1 saturated carbocycles. The van der Waals surface area contributed by atoms with Gasteiger partial charge in [-0.3, -0.25) is 0 Å². The fourth-order valence-corrected chi connectivity index (χ4v) is 2.31. The Balaban J connectivity index is 2.02. The summed E-state index contributed by atoms with van der Waals surface area (Å²) in [6, 6.07) is 6.55. The van der Waals surface area contributed by atoms with Crippen molar-refractivity contribution >= 4 is 0 Å². The summed E-state index contributed by atoms with van der Waals surface area (Å²) < 4.78 is 6.05. The maximum Gasteiger partial charge on any atom is 0.122 e. The molecule has 2 heteroatoms. The van der Waals surface area contributed by atoms with Gasteiger partial charge in [-0.05, 0) is 55.8 Å². The van der Waals surface area contributed by atoms with Crippen LogP contribution in [0.2, 0.25) is 0 Å². The van der Waals surface area contributed by atoms with Crippen molar-refractivity contribution in [2.45, 2.75) is 46.0 Å². The molecule has 2 nitrogen and oxygen atoms in total. The number of benzene rings is 1. The smallest absolute Gasteiger partial charge is 0.122 e. The predicted molar refractivity (Wildman–Crippen MR) is 76.1 cm³/mol. The van der Waals surface area contributed by atoms with Crippen LogP contribution in [0.15, 0.2) is 18.2 Å². The predicted octanol–water partition coefficient (Wildman–Crippen LogP) is 3.63. The van der Waals surface area contributed by atoms with Crippen molar-refractivity contribution < 1.29 is 4.74 Å². The Hall–Kier alpha value is -1.02. The van der Waals surface area contributed by atoms with Crippen LogP contribution in [0.1, 0.15) is 50.2 Å². The van der Waals surface area contributed by atoms with Gasteiger partial charge in [-0.1, -0.05) is 26.0 Å². The third kappa shape index (κ3) is 3.05. The molecule has 1 aliphatic rings. The van der Waals surface area contributed by atoms with Gasteiger partial charge in [0, 0.05) is 5.41 Å². The number of aryl methyl sites for hydroxylation is 1. The minimum atomic E-state index is 0.384. The first-order valence-corrected chi connectivity index (χ1v) is 7.00. The Morgan fingerprint density at radius 1 is 1.33 bits per heavy atom. The number of rotatable bonds is 6. The summed E-state index contributed by atoms with van der Waals surface area (Å²) in [5.74, 6) is 1.59. The monoisotopic (exact) mass is 247 g/mol. The molecule has 0 radical (unpaired) electrons. The Bertz CT molecular complexity index is 408. The van der Waals surface area contributed by atoms with Gasteiger partial charge in [-0.25, -0.2) is 0 Å². The molecule has 0 bridgehead atoms. The topological polar surface area (TPSA) is 35.2 Å². The highest BCUT2D eigenvalue weighted by Gasteiger charge is 2.42. The Morgan fingerprint density at radius 3 is 2.61 bits per heavy atom. The standard InChI is InChI=1S/C16H25NO/c1-12(2)14-5-4-13(3)15(10-14)18-11-16(6-7-16)8-9-17/h4-5,10,12H,6-9,11,17H2,1-3H3. The summed E-state index contributed by atoms with van der Waals surface area (Å²) in [6.45, 7) is 8.14. The van der Waals surface area contributed by atoms with Gasteiger partial charge in [0.15, 0.2) is 0 Å². The highest BCUT2D eigenvalue weighted by molar-refractivity contribution is 5.37. The molecule has 1 fully saturated rings. The molecule has 0 aromatic heterocycles. The van der Waals surface area contributed by atoms with Crippen molar-refractivity contribution in [3.63, 3.8) is 0 Å². The fraction of sp³-hybridized carbons (Fsp3) is 0.625. The Labute approximate surface area is 111 Å². The van der Waals surface area contributed by atoms with Crippen LogP contribution in [0, 0.1) is 12.3 Å². The average Bonchev–Trinajstić information content (AvgIpc) is 3.08. The van der Waals surface area contributed by atoms with E-state index in [1.807, 2.05) is 0 Å². The van der Waals surface area contributed by atoms with Crippen LogP contribution in [0.25, 0.3) is 0 Å². The van der Waals surface area contributed by atoms with Gasteiger partial charge in [0.25, 0.3) is 0 Å². The summed E-state index contributed by atoms with van der Waals surface area (Å²) in [4.78, 5) is 0. The van der Waals surface area contributed by atoms with Crippen LogP contribution < -0.4 is 10.5 Å². The summed E-state index contributed by atoms with van der Waals surface area (Å²) in [7, 11) is 0. The third-order valence-electron chi connectivity index (χ3n) is 4.04. The van der Waals surface area contributed by atoms with E-state index in [1.54, 1.807) is 0 Å². The second-order valence-electron chi connectivity index (χ2n) is 6.01. The van der Waals surface area contributed by atoms with E-state index in [-0.39, 0.29) is 0 Å². The van der Waals surface area contributed by atoms with Crippen LogP contribution >= 0.6 is 0 Å². The SMILES string of the molecule is Cc1ccc(C(C)C)cc1OCC1(CCN)CC1. The highest BCUT2D eigenvalue weighted by atomic mass is 16.5. The zero-order valence-electron chi connectivity index (χ0n) is 11.8. The lowest BCUT2D eigenvalue weighted by molar-refractivity contribution is 0.225. The van der Waals surface area contributed by atoms with E-state index >= 15 is 0 Å². The fourth-order valence-electron chi connectivity index (χ4n) is 2.31. The van der Waals surface area contributed by atoms with Crippen molar-refractivity contribution in [2.24, 2.45) is 11.1 Å². The molecule has 100 valence electrons. The number of hydrogen-bond acceptors (Lipinski definition) is 2. The second-order valence-corrected chi connectivity index (χ2v) is 6.01. The first-order chi connectivity index (χ1) is 8.56. The Morgan fingerprint density at radius 2 is 2.06 bits per heavy atom. The third-order valence-corrected chi connectivity index (χ3v) is 4.04. The summed E-state index contributed by atoms with van der Waals surface area (Å²) >= 11 is 0. The van der Waals surface area contributed by atoms with Gasteiger partial charge in [0.2, 0.25) is 0 Å². The summed E-state index contributed by atoms with van der Waals surface area (Å²) in [5.41, 5.74) is 8.62. The first-order valence-electron chi connectivity index (χ1n) is 7.00. The molecule has 1 aromatic carbocycles. The molecule has 2 N–H and O–H groups in total. The van der Waals surface area contributed by atoms with E-state index < -0.39 is 0 Å². The molecule has 0 atom stereocenters. The molecule has 1 aliphatic carbocycles. The van der Waals surface area contributed by atoms with E-state index in [2.05, 4.69) is 39.0 Å².